The van der Waals surface area contributed by atoms with Gasteiger partial charge in [0.05, 0.1) is 11.4 Å². The molecule has 0 atom stereocenters. The number of hydrogen-bond donors (Lipinski definition) is 0. The lowest BCUT2D eigenvalue weighted by atomic mass is 9.34. The van der Waals surface area contributed by atoms with Crippen molar-refractivity contribution < 1.29 is 4.74 Å². The first-order valence-electron chi connectivity index (χ1n) is 16.0. The van der Waals surface area contributed by atoms with E-state index in [1.807, 2.05) is 11.3 Å². The summed E-state index contributed by atoms with van der Waals surface area (Å²) in [6.07, 6.45) is 8.49. The van der Waals surface area contributed by atoms with Gasteiger partial charge in [-0.1, -0.05) is 36.4 Å². The minimum absolute atomic E-state index is 0.153. The number of thiophene rings is 1. The van der Waals surface area contributed by atoms with Crippen LogP contribution in [0, 0.1) is 17.8 Å². The van der Waals surface area contributed by atoms with E-state index in [1.54, 1.807) is 0 Å². The fraction of sp³-hybridized carbons (Fsp3) is 0.351. The molecule has 5 heteroatoms. The number of nitrogens with zero attached hydrogens (tertiary/aromatic N) is 2. The van der Waals surface area contributed by atoms with Crippen LogP contribution in [0.25, 0.3) is 20.2 Å². The van der Waals surface area contributed by atoms with Crippen molar-refractivity contribution in [2.75, 3.05) is 9.80 Å². The molecule has 7 aliphatic rings. The molecular formula is C37H33BN2OS. The molecule has 3 aliphatic heterocycles. The maximum absolute atomic E-state index is 6.91. The third kappa shape index (κ3) is 2.63. The molecule has 4 saturated carbocycles. The Kier molecular flexibility index (Phi) is 4.05. The smallest absolute Gasteiger partial charge is 0.256 e. The van der Waals surface area contributed by atoms with Gasteiger partial charge in [-0.2, -0.15) is 0 Å². The van der Waals surface area contributed by atoms with Gasteiger partial charge in [0, 0.05) is 31.4 Å². The average molecular weight is 565 g/mol. The van der Waals surface area contributed by atoms with Gasteiger partial charge in [0.1, 0.15) is 17.2 Å². The predicted octanol–water partition coefficient (Wildman–Crippen LogP) is 7.65. The van der Waals surface area contributed by atoms with Gasteiger partial charge in [-0.05, 0) is 123 Å². The number of para-hydroxylation sites is 1. The summed E-state index contributed by atoms with van der Waals surface area (Å²) in [4.78, 5) is 5.64. The van der Waals surface area contributed by atoms with Crippen LogP contribution >= 0.6 is 11.3 Å². The second kappa shape index (κ2) is 7.37. The SMILES string of the molecule is CC1(C)N2c3ccccc3B3c4cc5sc6ccccc6c5cc4Oc4ccc(c2c43)N1C12CC3CC(CC(C3)C1)C2. The quantitative estimate of drug-likeness (QED) is 0.191. The summed E-state index contributed by atoms with van der Waals surface area (Å²) in [5.41, 5.74) is 8.42. The number of rotatable bonds is 1. The van der Waals surface area contributed by atoms with E-state index < -0.39 is 0 Å². The van der Waals surface area contributed by atoms with Crippen molar-refractivity contribution in [2.24, 2.45) is 17.8 Å². The fourth-order valence-corrected chi connectivity index (χ4v) is 12.4. The summed E-state index contributed by atoms with van der Waals surface area (Å²) in [7, 11) is 0. The molecule has 4 heterocycles. The van der Waals surface area contributed by atoms with Crippen LogP contribution in [0.3, 0.4) is 0 Å². The molecule has 1 aromatic heterocycles. The predicted molar refractivity (Wildman–Crippen MR) is 177 cm³/mol. The van der Waals surface area contributed by atoms with Crippen molar-refractivity contribution in [2.45, 2.75) is 63.6 Å². The van der Waals surface area contributed by atoms with Crippen LogP contribution in [0.1, 0.15) is 52.4 Å². The molecule has 206 valence electrons. The lowest BCUT2D eigenvalue weighted by Crippen LogP contribution is -2.68. The Bertz CT molecular complexity index is 1990. The summed E-state index contributed by atoms with van der Waals surface area (Å²) in [6.45, 7) is 5.16. The zero-order valence-corrected chi connectivity index (χ0v) is 25.0. The molecular weight excluding hydrogens is 531 g/mol. The molecule has 0 amide bonds. The second-order valence-electron chi connectivity index (χ2n) is 14.7. The van der Waals surface area contributed by atoms with E-state index in [1.165, 1.54) is 92.1 Å². The second-order valence-corrected chi connectivity index (χ2v) is 15.8. The van der Waals surface area contributed by atoms with Crippen molar-refractivity contribution >= 4 is 71.7 Å². The molecule has 42 heavy (non-hydrogen) atoms. The highest BCUT2D eigenvalue weighted by atomic mass is 32.1. The van der Waals surface area contributed by atoms with Crippen LogP contribution in [0.15, 0.2) is 72.8 Å². The maximum Gasteiger partial charge on any atom is 0.256 e. The number of anilines is 3. The topological polar surface area (TPSA) is 15.7 Å². The normalized spacial score (nSPS) is 28.7. The Morgan fingerprint density at radius 3 is 2.29 bits per heavy atom. The number of hydrogen-bond acceptors (Lipinski definition) is 4. The molecule has 0 saturated heterocycles. The van der Waals surface area contributed by atoms with Gasteiger partial charge in [-0.25, -0.2) is 0 Å². The molecule has 4 aromatic carbocycles. The van der Waals surface area contributed by atoms with E-state index in [-0.39, 0.29) is 17.9 Å². The monoisotopic (exact) mass is 564 g/mol. The highest BCUT2D eigenvalue weighted by molar-refractivity contribution is 7.26. The Labute approximate surface area is 251 Å². The number of ether oxygens (including phenoxy) is 1. The number of benzene rings is 4. The minimum Gasteiger partial charge on any atom is -0.458 e. The summed E-state index contributed by atoms with van der Waals surface area (Å²) in [6, 6.07) is 27.5. The summed E-state index contributed by atoms with van der Waals surface area (Å²) < 4.78 is 9.60. The van der Waals surface area contributed by atoms with E-state index in [2.05, 4.69) is 96.4 Å². The summed E-state index contributed by atoms with van der Waals surface area (Å²) in [5.74, 6) is 4.78. The minimum atomic E-state index is -0.153. The van der Waals surface area contributed by atoms with Crippen molar-refractivity contribution in [1.29, 1.82) is 0 Å². The fourth-order valence-electron chi connectivity index (χ4n) is 11.2. The molecule has 4 aliphatic carbocycles. The molecule has 5 aromatic rings. The average Bonchev–Trinajstić information content (AvgIpc) is 3.45. The Balaban J connectivity index is 1.18. The van der Waals surface area contributed by atoms with Gasteiger partial charge < -0.3 is 14.5 Å². The molecule has 0 spiro atoms. The third-order valence-corrected chi connectivity index (χ3v) is 13.1. The lowest BCUT2D eigenvalue weighted by molar-refractivity contribution is -0.0112. The Hall–Kier alpha value is -3.44. The highest BCUT2D eigenvalue weighted by Gasteiger charge is 2.61. The van der Waals surface area contributed by atoms with E-state index >= 15 is 0 Å². The molecule has 0 N–H and O–H groups in total. The molecule has 3 nitrogen and oxygen atoms in total. The van der Waals surface area contributed by atoms with Crippen LogP contribution in [-0.4, -0.2) is 17.9 Å². The van der Waals surface area contributed by atoms with Crippen LogP contribution in [0.4, 0.5) is 17.1 Å². The Morgan fingerprint density at radius 1 is 0.738 bits per heavy atom. The van der Waals surface area contributed by atoms with Crippen molar-refractivity contribution in [3.63, 3.8) is 0 Å². The van der Waals surface area contributed by atoms with E-state index in [4.69, 9.17) is 4.74 Å². The van der Waals surface area contributed by atoms with Crippen LogP contribution in [0.2, 0.25) is 0 Å². The van der Waals surface area contributed by atoms with Crippen LogP contribution < -0.4 is 30.9 Å². The van der Waals surface area contributed by atoms with Crippen LogP contribution in [-0.2, 0) is 0 Å². The molecule has 4 fully saturated rings. The van der Waals surface area contributed by atoms with Gasteiger partial charge in [0.2, 0.25) is 0 Å². The number of fused-ring (bicyclic) bond motifs is 8. The van der Waals surface area contributed by atoms with Gasteiger partial charge >= 0.3 is 0 Å². The summed E-state index contributed by atoms with van der Waals surface area (Å²) in [5, 5.41) is 2.63. The van der Waals surface area contributed by atoms with Gasteiger partial charge in [0.25, 0.3) is 6.71 Å². The van der Waals surface area contributed by atoms with E-state index in [0.29, 0.717) is 0 Å². The zero-order chi connectivity index (χ0) is 27.5. The Morgan fingerprint density at radius 2 is 1.48 bits per heavy atom. The zero-order valence-electron chi connectivity index (χ0n) is 24.2. The summed E-state index contributed by atoms with van der Waals surface area (Å²) >= 11 is 1.91. The van der Waals surface area contributed by atoms with Gasteiger partial charge in [0.15, 0.2) is 0 Å². The van der Waals surface area contributed by atoms with Gasteiger partial charge in [-0.3, -0.25) is 0 Å². The largest absolute Gasteiger partial charge is 0.458 e. The maximum atomic E-state index is 6.91. The first-order chi connectivity index (χ1) is 20.5. The molecule has 4 bridgehead atoms. The van der Waals surface area contributed by atoms with E-state index in [9.17, 15) is 0 Å². The molecule has 12 rings (SSSR count). The lowest BCUT2D eigenvalue weighted by Gasteiger charge is -2.63. The first kappa shape index (κ1) is 23.1. The molecule has 0 unspecified atom stereocenters. The molecule has 0 radical (unpaired) electrons. The van der Waals surface area contributed by atoms with Crippen LogP contribution in [0.5, 0.6) is 11.5 Å². The first-order valence-corrected chi connectivity index (χ1v) is 16.8. The van der Waals surface area contributed by atoms with Gasteiger partial charge in [-0.15, -0.1) is 11.3 Å². The van der Waals surface area contributed by atoms with Crippen molar-refractivity contribution in [3.8, 4) is 11.5 Å². The standard InChI is InChI=1S/C37H33BN2OS/c1-36(2)39-28-9-5-4-8-26(28)38-27-17-33-25(24-7-3-6-10-32(24)42-33)16-31(27)41-30-12-11-29(35(39)34(30)38)40(36)37-18-21-13-22(19-37)15-23(14-21)20-37/h3-12,16-17,21-23H,13-15,18-20H2,1-2H3. The van der Waals surface area contributed by atoms with Crippen molar-refractivity contribution in [3.05, 3.63) is 72.8 Å². The van der Waals surface area contributed by atoms with E-state index in [0.717, 1.165) is 29.3 Å². The highest BCUT2D eigenvalue weighted by Crippen LogP contribution is 2.63. The third-order valence-electron chi connectivity index (χ3n) is 12.0. The van der Waals surface area contributed by atoms with Crippen molar-refractivity contribution in [1.82, 2.24) is 0 Å².